The maximum absolute atomic E-state index is 14.0. The molecule has 1 N–H and O–H groups in total. The van der Waals surface area contributed by atoms with Crippen molar-refractivity contribution in [3.05, 3.63) is 94.3 Å². The molecule has 0 aliphatic carbocycles. The van der Waals surface area contributed by atoms with Crippen molar-refractivity contribution >= 4 is 34.7 Å². The van der Waals surface area contributed by atoms with E-state index in [-0.39, 0.29) is 21.8 Å². The number of aliphatic hydroxyl groups is 1. The first-order chi connectivity index (χ1) is 15.9. The molecule has 1 amide bonds. The fraction of sp³-hybridized carbons (Fsp3) is 0.120. The molecule has 1 unspecified atom stereocenters. The number of methoxy groups -OCH3 is 2. The van der Waals surface area contributed by atoms with Crippen LogP contribution in [0.15, 0.2) is 72.3 Å². The lowest BCUT2D eigenvalue weighted by atomic mass is 9.94. The Morgan fingerprint density at radius 1 is 0.970 bits per heavy atom. The van der Waals surface area contributed by atoms with Gasteiger partial charge in [-0.3, -0.25) is 14.5 Å². The number of anilines is 1. The van der Waals surface area contributed by atoms with Crippen LogP contribution in [0.1, 0.15) is 17.2 Å². The van der Waals surface area contributed by atoms with Crippen molar-refractivity contribution in [2.45, 2.75) is 6.04 Å². The number of amides is 1. The molecule has 3 aromatic rings. The van der Waals surface area contributed by atoms with Gasteiger partial charge in [0.1, 0.15) is 23.1 Å². The van der Waals surface area contributed by atoms with Crippen molar-refractivity contribution in [3.63, 3.8) is 0 Å². The Bertz CT molecular complexity index is 1290. The van der Waals surface area contributed by atoms with Crippen molar-refractivity contribution in [2.24, 2.45) is 0 Å². The molecule has 1 heterocycles. The van der Waals surface area contributed by atoms with Crippen molar-refractivity contribution < 1.29 is 28.6 Å². The lowest BCUT2D eigenvalue weighted by Gasteiger charge is -2.26. The van der Waals surface area contributed by atoms with Gasteiger partial charge in [-0.25, -0.2) is 4.39 Å². The molecule has 0 bridgehead atoms. The molecule has 0 radical (unpaired) electrons. The Balaban J connectivity index is 1.98. The lowest BCUT2D eigenvalue weighted by molar-refractivity contribution is -0.132. The van der Waals surface area contributed by atoms with Gasteiger partial charge in [-0.15, -0.1) is 0 Å². The van der Waals surface area contributed by atoms with Crippen LogP contribution < -0.4 is 14.4 Å². The average molecular weight is 468 g/mol. The second kappa shape index (κ2) is 8.96. The van der Waals surface area contributed by atoms with Crippen LogP contribution in [0, 0.1) is 5.82 Å². The van der Waals surface area contributed by atoms with Crippen molar-refractivity contribution in [2.75, 3.05) is 19.1 Å². The molecular formula is C25H19ClFNO5. The monoisotopic (exact) mass is 467 g/mol. The molecule has 0 aromatic heterocycles. The van der Waals surface area contributed by atoms with Crippen molar-refractivity contribution in [3.8, 4) is 11.5 Å². The number of ether oxygens (including phenoxy) is 2. The predicted octanol–water partition coefficient (Wildman–Crippen LogP) is 5.12. The van der Waals surface area contributed by atoms with Crippen molar-refractivity contribution in [1.82, 2.24) is 0 Å². The first kappa shape index (κ1) is 22.4. The van der Waals surface area contributed by atoms with E-state index in [1.807, 2.05) is 0 Å². The van der Waals surface area contributed by atoms with Crippen LogP contribution in [0.2, 0.25) is 5.02 Å². The van der Waals surface area contributed by atoms with Gasteiger partial charge < -0.3 is 14.6 Å². The van der Waals surface area contributed by atoms with Crippen LogP contribution in [0.25, 0.3) is 5.76 Å². The summed E-state index contributed by atoms with van der Waals surface area (Å²) in [5.74, 6) is -2.04. The van der Waals surface area contributed by atoms with Gasteiger partial charge in [0.15, 0.2) is 0 Å². The van der Waals surface area contributed by atoms with Gasteiger partial charge >= 0.3 is 0 Å². The van der Waals surface area contributed by atoms with Crippen LogP contribution in [0.3, 0.4) is 0 Å². The molecule has 0 saturated carbocycles. The van der Waals surface area contributed by atoms with E-state index >= 15 is 0 Å². The van der Waals surface area contributed by atoms with Crippen LogP contribution >= 0.6 is 11.6 Å². The summed E-state index contributed by atoms with van der Waals surface area (Å²) in [4.78, 5) is 27.5. The van der Waals surface area contributed by atoms with E-state index in [0.717, 1.165) is 11.0 Å². The summed E-state index contributed by atoms with van der Waals surface area (Å²) >= 11 is 6.21. The Kier molecular flexibility index (Phi) is 6.07. The number of hydrogen-bond donors (Lipinski definition) is 1. The smallest absolute Gasteiger partial charge is 0.300 e. The fourth-order valence-electron chi connectivity index (χ4n) is 3.88. The number of halogens is 2. The van der Waals surface area contributed by atoms with E-state index in [9.17, 15) is 19.1 Å². The molecule has 1 atom stereocenters. The number of hydrogen-bond acceptors (Lipinski definition) is 5. The number of carbonyl (C=O) groups excluding carboxylic acids is 2. The van der Waals surface area contributed by atoms with Crippen LogP contribution in [-0.4, -0.2) is 31.0 Å². The van der Waals surface area contributed by atoms with Gasteiger partial charge in [0.2, 0.25) is 0 Å². The minimum Gasteiger partial charge on any atom is -0.507 e. The number of nitrogens with zero attached hydrogens (tertiary/aromatic N) is 1. The number of ketones is 1. The summed E-state index contributed by atoms with van der Waals surface area (Å²) in [6.45, 7) is 0. The topological polar surface area (TPSA) is 76.1 Å². The molecule has 3 aromatic carbocycles. The molecule has 1 fully saturated rings. The van der Waals surface area contributed by atoms with Gasteiger partial charge in [-0.05, 0) is 42.5 Å². The summed E-state index contributed by atoms with van der Waals surface area (Å²) in [6, 6.07) is 15.6. The molecule has 0 spiro atoms. The van der Waals surface area contributed by atoms with Gasteiger partial charge in [0.25, 0.3) is 11.7 Å². The Morgan fingerprint density at radius 2 is 1.70 bits per heavy atom. The summed E-state index contributed by atoms with van der Waals surface area (Å²) in [5, 5.41) is 11.4. The molecule has 1 saturated heterocycles. The van der Waals surface area contributed by atoms with E-state index < -0.39 is 29.3 Å². The number of aliphatic hydroxyl groups excluding tert-OH is 1. The maximum atomic E-state index is 14.0. The van der Waals surface area contributed by atoms with Crippen LogP contribution in [0.4, 0.5) is 10.1 Å². The summed E-state index contributed by atoms with van der Waals surface area (Å²) in [7, 11) is 2.91. The van der Waals surface area contributed by atoms with E-state index in [0.29, 0.717) is 17.1 Å². The zero-order valence-corrected chi connectivity index (χ0v) is 18.5. The second-order valence-corrected chi connectivity index (χ2v) is 7.65. The van der Waals surface area contributed by atoms with Gasteiger partial charge in [-0.1, -0.05) is 35.9 Å². The molecule has 33 heavy (non-hydrogen) atoms. The average Bonchev–Trinajstić information content (AvgIpc) is 3.08. The summed E-state index contributed by atoms with van der Waals surface area (Å²) in [6.07, 6.45) is 0. The number of carbonyl (C=O) groups is 2. The standard InChI is InChI=1S/C25H19ClFNO5/c1-32-19-9-4-3-8-17(19)22-21(23(29)14-10-11-20(33-2)18(26)12-14)24(30)25(31)28(22)16-7-5-6-15(27)13-16/h3-13,22,29H,1-2H3/b23-21+. The molecular weight excluding hydrogens is 449 g/mol. The highest BCUT2D eigenvalue weighted by molar-refractivity contribution is 6.51. The van der Waals surface area contributed by atoms with Crippen LogP contribution in [-0.2, 0) is 9.59 Å². The SMILES string of the molecule is COc1ccc(/C(O)=C2\C(=O)C(=O)N(c3cccc(F)c3)C2c2ccccc2OC)cc1Cl. The number of Topliss-reactive ketones (excluding diaryl/α,β-unsaturated/α-hetero) is 1. The zero-order valence-electron chi connectivity index (χ0n) is 17.7. The molecule has 168 valence electrons. The minimum absolute atomic E-state index is 0.166. The Morgan fingerprint density at radius 3 is 2.36 bits per heavy atom. The number of rotatable bonds is 5. The highest BCUT2D eigenvalue weighted by Gasteiger charge is 2.48. The third-order valence-electron chi connectivity index (χ3n) is 5.39. The van der Waals surface area contributed by atoms with E-state index in [2.05, 4.69) is 0 Å². The maximum Gasteiger partial charge on any atom is 0.300 e. The summed E-state index contributed by atoms with van der Waals surface area (Å²) in [5.41, 5.74) is 0.664. The Labute approximate surface area is 194 Å². The largest absolute Gasteiger partial charge is 0.507 e. The quantitative estimate of drug-likeness (QED) is 0.320. The highest BCUT2D eigenvalue weighted by atomic mass is 35.5. The van der Waals surface area contributed by atoms with E-state index in [4.69, 9.17) is 21.1 Å². The van der Waals surface area contributed by atoms with E-state index in [1.165, 1.54) is 50.6 Å². The van der Waals surface area contributed by atoms with Crippen molar-refractivity contribution in [1.29, 1.82) is 0 Å². The normalized spacial score (nSPS) is 17.3. The zero-order chi connectivity index (χ0) is 23.7. The van der Waals surface area contributed by atoms with Gasteiger partial charge in [0, 0.05) is 16.8 Å². The molecule has 1 aliphatic heterocycles. The molecule has 6 nitrogen and oxygen atoms in total. The second-order valence-electron chi connectivity index (χ2n) is 7.24. The van der Waals surface area contributed by atoms with Gasteiger partial charge in [0.05, 0.1) is 30.9 Å². The molecule has 4 rings (SSSR count). The predicted molar refractivity (Wildman–Crippen MR) is 122 cm³/mol. The first-order valence-corrected chi connectivity index (χ1v) is 10.3. The number of benzene rings is 3. The highest BCUT2D eigenvalue weighted by Crippen LogP contribution is 2.45. The minimum atomic E-state index is -1.07. The third kappa shape index (κ3) is 3.91. The molecule has 8 heteroatoms. The Hall–Kier alpha value is -3.84. The van der Waals surface area contributed by atoms with Crippen LogP contribution in [0.5, 0.6) is 11.5 Å². The third-order valence-corrected chi connectivity index (χ3v) is 5.68. The molecule has 1 aliphatic rings. The first-order valence-electron chi connectivity index (χ1n) is 9.90. The van der Waals surface area contributed by atoms with E-state index in [1.54, 1.807) is 24.3 Å². The lowest BCUT2D eigenvalue weighted by Crippen LogP contribution is -2.29. The number of para-hydroxylation sites is 1. The fourth-order valence-corrected chi connectivity index (χ4v) is 4.14. The van der Waals surface area contributed by atoms with Gasteiger partial charge in [-0.2, -0.15) is 0 Å². The summed E-state index contributed by atoms with van der Waals surface area (Å²) < 4.78 is 24.6.